The van der Waals surface area contributed by atoms with Gasteiger partial charge in [-0.15, -0.1) is 0 Å². The van der Waals surface area contributed by atoms with E-state index in [1.807, 2.05) is 0 Å². The minimum Gasteiger partial charge on any atom is -0.391 e. The van der Waals surface area contributed by atoms with Gasteiger partial charge in [0.25, 0.3) is 0 Å². The molecule has 3 nitrogen and oxygen atoms in total. The number of carbonyl (C=O) groups excluding carboxylic acids is 1. The van der Waals surface area contributed by atoms with Crippen LogP contribution in [0.2, 0.25) is 0 Å². The Morgan fingerprint density at radius 2 is 1.57 bits per heavy atom. The van der Waals surface area contributed by atoms with Gasteiger partial charge in [0.2, 0.25) is 5.91 Å². The number of rotatable bonds is 2. The molecule has 122 valence electrons. The summed E-state index contributed by atoms with van der Waals surface area (Å²) in [5.41, 5.74) is 0. The maximum Gasteiger partial charge on any atom is 0.391 e. The Morgan fingerprint density at radius 3 is 2.19 bits per heavy atom. The fraction of sp³-hybridized carbons (Fsp3) is 0.933. The Morgan fingerprint density at radius 1 is 0.952 bits per heavy atom. The lowest BCUT2D eigenvalue weighted by molar-refractivity contribution is -0.184. The van der Waals surface area contributed by atoms with Gasteiger partial charge in [-0.05, 0) is 38.5 Å². The third-order valence-electron chi connectivity index (χ3n) is 4.87. The zero-order chi connectivity index (χ0) is 15.5. The van der Waals surface area contributed by atoms with Crippen LogP contribution in [-0.2, 0) is 4.79 Å². The Labute approximate surface area is 123 Å². The van der Waals surface area contributed by atoms with E-state index in [-0.39, 0.29) is 30.7 Å². The van der Waals surface area contributed by atoms with Crippen LogP contribution in [0.3, 0.4) is 0 Å². The highest BCUT2D eigenvalue weighted by Crippen LogP contribution is 2.39. The molecule has 0 spiro atoms. The first-order valence-corrected chi connectivity index (χ1v) is 7.93. The van der Waals surface area contributed by atoms with Gasteiger partial charge >= 0.3 is 6.18 Å². The molecule has 0 aromatic heterocycles. The summed E-state index contributed by atoms with van der Waals surface area (Å²) in [6, 6.07) is -0.236. The van der Waals surface area contributed by atoms with Crippen molar-refractivity contribution in [2.24, 2.45) is 11.8 Å². The molecule has 6 heteroatoms. The standard InChI is InChI=1S/C15H24F3NO2/c16-15(17,18)11-8-6-10(7-9-11)14(21)19-12-4-2-1-3-5-13(12)20/h10-13,20H,1-9H2,(H,19,21). The van der Waals surface area contributed by atoms with Crippen molar-refractivity contribution >= 4 is 5.91 Å². The van der Waals surface area contributed by atoms with Gasteiger partial charge in [0.05, 0.1) is 18.1 Å². The monoisotopic (exact) mass is 307 g/mol. The maximum atomic E-state index is 12.6. The molecule has 2 atom stereocenters. The number of amides is 1. The quantitative estimate of drug-likeness (QED) is 0.770. The Bertz CT molecular complexity index is 351. The predicted molar refractivity (Wildman–Crippen MR) is 72.5 cm³/mol. The molecule has 0 heterocycles. The molecule has 0 saturated heterocycles. The number of halogens is 3. The van der Waals surface area contributed by atoms with Crippen LogP contribution in [0, 0.1) is 11.8 Å². The first-order chi connectivity index (χ1) is 9.88. The van der Waals surface area contributed by atoms with E-state index in [4.69, 9.17) is 0 Å². The zero-order valence-electron chi connectivity index (χ0n) is 12.2. The van der Waals surface area contributed by atoms with E-state index in [0.29, 0.717) is 19.3 Å². The van der Waals surface area contributed by atoms with E-state index in [0.717, 1.165) is 25.7 Å². The number of aliphatic hydroxyl groups excluding tert-OH is 1. The first-order valence-electron chi connectivity index (χ1n) is 7.93. The second-order valence-electron chi connectivity index (χ2n) is 6.41. The van der Waals surface area contributed by atoms with Gasteiger partial charge in [0, 0.05) is 5.92 Å². The topological polar surface area (TPSA) is 49.3 Å². The minimum atomic E-state index is -4.14. The van der Waals surface area contributed by atoms with Gasteiger partial charge in [-0.25, -0.2) is 0 Å². The molecule has 2 unspecified atom stereocenters. The third-order valence-corrected chi connectivity index (χ3v) is 4.87. The number of hydrogen-bond donors (Lipinski definition) is 2. The lowest BCUT2D eigenvalue weighted by Crippen LogP contribution is -2.46. The van der Waals surface area contributed by atoms with Crippen molar-refractivity contribution in [1.82, 2.24) is 5.32 Å². The lowest BCUT2D eigenvalue weighted by Gasteiger charge is -2.31. The van der Waals surface area contributed by atoms with Gasteiger partial charge in [-0.1, -0.05) is 19.3 Å². The van der Waals surface area contributed by atoms with Crippen molar-refractivity contribution in [3.8, 4) is 0 Å². The van der Waals surface area contributed by atoms with Crippen LogP contribution in [0.1, 0.15) is 57.8 Å². The molecular formula is C15H24F3NO2. The Balaban J connectivity index is 1.81. The summed E-state index contributed by atoms with van der Waals surface area (Å²) < 4.78 is 37.8. The number of nitrogens with one attached hydrogen (secondary N) is 1. The molecular weight excluding hydrogens is 283 g/mol. The van der Waals surface area contributed by atoms with Crippen LogP contribution in [0.15, 0.2) is 0 Å². The average Bonchev–Trinajstić information content (AvgIpc) is 2.63. The van der Waals surface area contributed by atoms with Crippen LogP contribution in [0.4, 0.5) is 13.2 Å². The predicted octanol–water partition coefficient (Wildman–Crippen LogP) is 3.16. The minimum absolute atomic E-state index is 0.0365. The fourth-order valence-corrected chi connectivity index (χ4v) is 3.44. The van der Waals surface area contributed by atoms with Crippen molar-refractivity contribution in [3.05, 3.63) is 0 Å². The molecule has 0 aliphatic heterocycles. The third kappa shape index (κ3) is 4.59. The Kier molecular flexibility index (Phi) is 5.52. The van der Waals surface area contributed by atoms with E-state index in [2.05, 4.69) is 5.32 Å². The molecule has 2 saturated carbocycles. The summed E-state index contributed by atoms with van der Waals surface area (Å²) in [7, 11) is 0. The molecule has 21 heavy (non-hydrogen) atoms. The van der Waals surface area contributed by atoms with Crippen LogP contribution in [0.5, 0.6) is 0 Å². The first kappa shape index (κ1) is 16.6. The smallest absolute Gasteiger partial charge is 0.391 e. The second-order valence-corrected chi connectivity index (χ2v) is 6.41. The molecule has 2 N–H and O–H groups in total. The van der Waals surface area contributed by atoms with Crippen molar-refractivity contribution in [1.29, 1.82) is 0 Å². The summed E-state index contributed by atoms with van der Waals surface area (Å²) in [6.45, 7) is 0. The van der Waals surface area contributed by atoms with Gasteiger partial charge in [-0.2, -0.15) is 13.2 Å². The summed E-state index contributed by atoms with van der Waals surface area (Å²) >= 11 is 0. The van der Waals surface area contributed by atoms with Crippen LogP contribution in [-0.4, -0.2) is 29.3 Å². The molecule has 0 aromatic carbocycles. The molecule has 0 aromatic rings. The van der Waals surface area contributed by atoms with Gasteiger partial charge in [0.15, 0.2) is 0 Å². The van der Waals surface area contributed by atoms with E-state index in [1.165, 1.54) is 0 Å². The highest BCUT2D eigenvalue weighted by molar-refractivity contribution is 5.79. The van der Waals surface area contributed by atoms with Crippen LogP contribution < -0.4 is 5.32 Å². The van der Waals surface area contributed by atoms with Crippen LogP contribution >= 0.6 is 0 Å². The molecule has 0 radical (unpaired) electrons. The van der Waals surface area contributed by atoms with Crippen molar-refractivity contribution in [3.63, 3.8) is 0 Å². The van der Waals surface area contributed by atoms with Gasteiger partial charge in [-0.3, -0.25) is 4.79 Å². The molecule has 2 aliphatic carbocycles. The Hall–Kier alpha value is -0.780. The summed E-state index contributed by atoms with van der Waals surface area (Å²) in [5.74, 6) is -1.77. The van der Waals surface area contributed by atoms with Gasteiger partial charge in [0.1, 0.15) is 0 Å². The summed E-state index contributed by atoms with van der Waals surface area (Å²) in [6.07, 6.45) is 0.423. The van der Waals surface area contributed by atoms with Crippen molar-refractivity contribution < 1.29 is 23.1 Å². The number of hydrogen-bond acceptors (Lipinski definition) is 2. The van der Waals surface area contributed by atoms with Crippen LogP contribution in [0.25, 0.3) is 0 Å². The lowest BCUT2D eigenvalue weighted by atomic mass is 9.81. The van der Waals surface area contributed by atoms with Crippen molar-refractivity contribution in [2.75, 3.05) is 0 Å². The fourth-order valence-electron chi connectivity index (χ4n) is 3.44. The van der Waals surface area contributed by atoms with E-state index in [9.17, 15) is 23.1 Å². The van der Waals surface area contributed by atoms with Crippen molar-refractivity contribution in [2.45, 2.75) is 76.1 Å². The number of alkyl halides is 3. The molecule has 1 amide bonds. The number of aliphatic hydroxyl groups is 1. The normalized spacial score (nSPS) is 35.0. The van der Waals surface area contributed by atoms with Gasteiger partial charge < -0.3 is 10.4 Å². The van der Waals surface area contributed by atoms with E-state index < -0.39 is 18.2 Å². The molecule has 2 rings (SSSR count). The SMILES string of the molecule is O=C(NC1CCCCCC1O)C1CCC(C(F)(F)F)CC1. The summed E-state index contributed by atoms with van der Waals surface area (Å²) in [4.78, 5) is 12.2. The summed E-state index contributed by atoms with van der Waals surface area (Å²) in [5, 5.41) is 12.8. The maximum absolute atomic E-state index is 12.6. The van der Waals surface area contributed by atoms with E-state index in [1.54, 1.807) is 0 Å². The average molecular weight is 307 g/mol. The molecule has 2 aliphatic rings. The highest BCUT2D eigenvalue weighted by Gasteiger charge is 2.42. The zero-order valence-corrected chi connectivity index (χ0v) is 12.2. The molecule has 2 fully saturated rings. The van der Waals surface area contributed by atoms with E-state index >= 15 is 0 Å². The second kappa shape index (κ2) is 6.99. The number of carbonyl (C=O) groups is 1. The largest absolute Gasteiger partial charge is 0.391 e. The molecule has 0 bridgehead atoms. The highest BCUT2D eigenvalue weighted by atomic mass is 19.4.